The van der Waals surface area contributed by atoms with Gasteiger partial charge in [0, 0.05) is 28.0 Å². The molecule has 1 aliphatic heterocycles. The van der Waals surface area contributed by atoms with Gasteiger partial charge in [0.15, 0.2) is 6.10 Å². The molecule has 0 bridgehead atoms. The highest BCUT2D eigenvalue weighted by Crippen LogP contribution is 2.39. The van der Waals surface area contributed by atoms with E-state index in [1.807, 2.05) is 60.7 Å². The summed E-state index contributed by atoms with van der Waals surface area (Å²) < 4.78 is 6.56. The molecule has 0 N–H and O–H groups in total. The lowest BCUT2D eigenvalue weighted by Gasteiger charge is -2.26. The highest BCUT2D eigenvalue weighted by atomic mass is 79.9. The van der Waals surface area contributed by atoms with Crippen molar-refractivity contribution in [3.8, 4) is 0 Å². The van der Waals surface area contributed by atoms with E-state index in [0.717, 1.165) is 26.9 Å². The smallest absolute Gasteiger partial charge is 0.276 e. The Hall–Kier alpha value is -2.18. The van der Waals surface area contributed by atoms with Gasteiger partial charge < -0.3 is 4.74 Å². The maximum Gasteiger partial charge on any atom is 0.276 e. The summed E-state index contributed by atoms with van der Waals surface area (Å²) in [6, 6.07) is 22.2. The van der Waals surface area contributed by atoms with E-state index in [2.05, 4.69) is 15.9 Å². The predicted molar refractivity (Wildman–Crippen MR) is 128 cm³/mol. The molecule has 2 atom stereocenters. The molecular weight excluding hydrogens is 499 g/mol. The minimum absolute atomic E-state index is 0.253. The Bertz CT molecular complexity index is 1120. The van der Waals surface area contributed by atoms with E-state index < -0.39 is 6.10 Å². The molecule has 0 saturated carbocycles. The molecule has 1 heterocycles. The van der Waals surface area contributed by atoms with Gasteiger partial charge in [0.1, 0.15) is 0 Å². The van der Waals surface area contributed by atoms with Crippen LogP contribution in [0.5, 0.6) is 0 Å². The standard InChI is InChI=1S/C24H19BrCl2N2O2/c1-31-23(16-5-3-2-4-6-16)24(30)29-22(19-12-11-18(26)13-20(19)27)14-21(28-29)15-7-9-17(25)10-8-15/h2-13,22-23H,14H2,1H3/t22-,23-/m0/s1. The summed E-state index contributed by atoms with van der Waals surface area (Å²) in [5.74, 6) is -0.253. The van der Waals surface area contributed by atoms with Gasteiger partial charge in [-0.25, -0.2) is 5.01 Å². The van der Waals surface area contributed by atoms with Crippen molar-refractivity contribution in [1.82, 2.24) is 5.01 Å². The van der Waals surface area contributed by atoms with Crippen LogP contribution in [0.25, 0.3) is 0 Å². The number of methoxy groups -OCH3 is 1. The Labute approximate surface area is 199 Å². The summed E-state index contributed by atoms with van der Waals surface area (Å²) in [5.41, 5.74) is 3.31. The van der Waals surface area contributed by atoms with E-state index >= 15 is 0 Å². The van der Waals surface area contributed by atoms with Crippen LogP contribution in [0.2, 0.25) is 10.0 Å². The number of amides is 1. The van der Waals surface area contributed by atoms with Gasteiger partial charge in [0.05, 0.1) is 11.8 Å². The van der Waals surface area contributed by atoms with Crippen LogP contribution in [0.15, 0.2) is 82.4 Å². The normalized spacial score (nSPS) is 16.8. The zero-order chi connectivity index (χ0) is 22.0. The van der Waals surface area contributed by atoms with Crippen molar-refractivity contribution in [2.75, 3.05) is 7.11 Å². The molecule has 1 amide bonds. The van der Waals surface area contributed by atoms with Gasteiger partial charge in [-0.15, -0.1) is 0 Å². The third kappa shape index (κ3) is 4.70. The lowest BCUT2D eigenvalue weighted by Crippen LogP contribution is -2.32. The van der Waals surface area contributed by atoms with Crippen LogP contribution in [0.4, 0.5) is 0 Å². The van der Waals surface area contributed by atoms with Crippen molar-refractivity contribution in [2.24, 2.45) is 5.10 Å². The van der Waals surface area contributed by atoms with Crippen LogP contribution in [-0.4, -0.2) is 23.7 Å². The highest BCUT2D eigenvalue weighted by Gasteiger charge is 2.38. The van der Waals surface area contributed by atoms with Crippen LogP contribution in [0, 0.1) is 0 Å². The van der Waals surface area contributed by atoms with E-state index in [1.165, 1.54) is 12.1 Å². The fourth-order valence-electron chi connectivity index (χ4n) is 3.67. The zero-order valence-corrected chi connectivity index (χ0v) is 19.7. The molecule has 1 aliphatic rings. The molecular formula is C24H19BrCl2N2O2. The third-order valence-electron chi connectivity index (χ3n) is 5.20. The Morgan fingerprint density at radius 1 is 1.10 bits per heavy atom. The molecule has 158 valence electrons. The molecule has 3 aromatic rings. The number of hydrogen-bond acceptors (Lipinski definition) is 3. The molecule has 0 aromatic heterocycles. The highest BCUT2D eigenvalue weighted by molar-refractivity contribution is 9.10. The number of hydrazone groups is 1. The van der Waals surface area contributed by atoms with E-state index in [4.69, 9.17) is 33.0 Å². The minimum Gasteiger partial charge on any atom is -0.367 e. The molecule has 0 saturated heterocycles. The molecule has 0 fully saturated rings. The third-order valence-corrected chi connectivity index (χ3v) is 6.29. The maximum atomic E-state index is 13.6. The first-order valence-corrected chi connectivity index (χ1v) is 11.2. The molecule has 0 spiro atoms. The Morgan fingerprint density at radius 2 is 1.81 bits per heavy atom. The summed E-state index contributed by atoms with van der Waals surface area (Å²) in [6.07, 6.45) is -0.247. The largest absolute Gasteiger partial charge is 0.367 e. The number of nitrogens with zero attached hydrogens (tertiary/aromatic N) is 2. The Kier molecular flexibility index (Phi) is 6.77. The SMILES string of the molecule is CO[C@H](C(=O)N1N=C(c2ccc(Br)cc2)C[C@H]1c1ccc(Cl)cc1Cl)c1ccccc1. The summed E-state index contributed by atoms with van der Waals surface area (Å²) in [5, 5.41) is 7.25. The number of carbonyl (C=O) groups is 1. The number of halogens is 3. The van der Waals surface area contributed by atoms with E-state index in [1.54, 1.807) is 12.1 Å². The van der Waals surface area contributed by atoms with Crippen molar-refractivity contribution in [3.63, 3.8) is 0 Å². The monoisotopic (exact) mass is 516 g/mol. The van der Waals surface area contributed by atoms with E-state index in [0.29, 0.717) is 16.5 Å². The molecule has 0 radical (unpaired) electrons. The predicted octanol–water partition coefficient (Wildman–Crippen LogP) is 6.82. The van der Waals surface area contributed by atoms with Gasteiger partial charge in [-0.2, -0.15) is 5.10 Å². The fraction of sp³-hybridized carbons (Fsp3) is 0.167. The Morgan fingerprint density at radius 3 is 2.45 bits per heavy atom. The number of carbonyl (C=O) groups excluding carboxylic acids is 1. The second-order valence-corrected chi connectivity index (χ2v) is 8.91. The molecule has 0 unspecified atom stereocenters. The first-order valence-electron chi connectivity index (χ1n) is 9.67. The first kappa shape index (κ1) is 22.0. The number of rotatable bonds is 5. The second-order valence-electron chi connectivity index (χ2n) is 7.15. The van der Waals surface area contributed by atoms with Crippen molar-refractivity contribution in [1.29, 1.82) is 0 Å². The lowest BCUT2D eigenvalue weighted by atomic mass is 9.98. The fourth-order valence-corrected chi connectivity index (χ4v) is 4.47. The quantitative estimate of drug-likeness (QED) is 0.372. The van der Waals surface area contributed by atoms with E-state index in [9.17, 15) is 4.79 Å². The van der Waals surface area contributed by atoms with Crippen LogP contribution >= 0.6 is 39.1 Å². The van der Waals surface area contributed by atoms with Gasteiger partial charge >= 0.3 is 0 Å². The van der Waals surface area contributed by atoms with Crippen LogP contribution in [0.3, 0.4) is 0 Å². The summed E-state index contributed by atoms with van der Waals surface area (Å²) in [4.78, 5) is 13.6. The molecule has 4 rings (SSSR count). The van der Waals surface area contributed by atoms with Crippen LogP contribution in [0.1, 0.15) is 35.3 Å². The van der Waals surface area contributed by atoms with Gasteiger partial charge in [-0.1, -0.05) is 87.7 Å². The molecule has 31 heavy (non-hydrogen) atoms. The van der Waals surface area contributed by atoms with Gasteiger partial charge in [0.25, 0.3) is 5.91 Å². The van der Waals surface area contributed by atoms with Crippen LogP contribution in [-0.2, 0) is 9.53 Å². The van der Waals surface area contributed by atoms with Crippen molar-refractivity contribution in [3.05, 3.63) is 104 Å². The summed E-state index contributed by atoms with van der Waals surface area (Å²) in [6.45, 7) is 0. The maximum absolute atomic E-state index is 13.6. The number of ether oxygens (including phenoxy) is 1. The molecule has 3 aromatic carbocycles. The van der Waals surface area contributed by atoms with Gasteiger partial charge in [-0.05, 0) is 41.0 Å². The lowest BCUT2D eigenvalue weighted by molar-refractivity contribution is -0.144. The number of hydrogen-bond donors (Lipinski definition) is 0. The van der Waals surface area contributed by atoms with Gasteiger partial charge in [0.2, 0.25) is 0 Å². The zero-order valence-electron chi connectivity index (χ0n) is 16.6. The molecule has 7 heteroatoms. The van der Waals surface area contributed by atoms with Crippen molar-refractivity contribution >= 4 is 50.8 Å². The topological polar surface area (TPSA) is 41.9 Å². The number of benzene rings is 3. The molecule has 0 aliphatic carbocycles. The second kappa shape index (κ2) is 9.53. The summed E-state index contributed by atoms with van der Waals surface area (Å²) in [7, 11) is 1.52. The van der Waals surface area contributed by atoms with Crippen molar-refractivity contribution in [2.45, 2.75) is 18.6 Å². The summed E-state index contributed by atoms with van der Waals surface area (Å²) >= 11 is 16.1. The van der Waals surface area contributed by atoms with E-state index in [-0.39, 0.29) is 11.9 Å². The first-order chi connectivity index (χ1) is 15.0. The average Bonchev–Trinajstić information content (AvgIpc) is 3.20. The minimum atomic E-state index is -0.775. The van der Waals surface area contributed by atoms with Gasteiger partial charge in [-0.3, -0.25) is 4.79 Å². The molecule has 4 nitrogen and oxygen atoms in total. The van der Waals surface area contributed by atoms with Crippen molar-refractivity contribution < 1.29 is 9.53 Å². The van der Waals surface area contributed by atoms with Crippen LogP contribution < -0.4 is 0 Å². The Balaban J connectivity index is 1.75. The average molecular weight is 518 g/mol.